The minimum atomic E-state index is -1.01. The van der Waals surface area contributed by atoms with Gasteiger partial charge >= 0.3 is 0 Å². The predicted molar refractivity (Wildman–Crippen MR) is 103 cm³/mol. The van der Waals surface area contributed by atoms with Gasteiger partial charge in [0.15, 0.2) is 5.78 Å². The molecule has 142 valence electrons. The Hall–Kier alpha value is -3.28. The Morgan fingerprint density at radius 3 is 2.41 bits per heavy atom. The number of carbonyl (C=O) groups is 1. The van der Waals surface area contributed by atoms with Crippen LogP contribution in [0.5, 0.6) is 11.5 Å². The van der Waals surface area contributed by atoms with Gasteiger partial charge in [-0.05, 0) is 36.6 Å². The van der Waals surface area contributed by atoms with E-state index in [1.165, 1.54) is 30.3 Å². The molecule has 0 aliphatic rings. The molecule has 0 amide bonds. The molecule has 0 saturated heterocycles. The number of aromatic nitrogens is 1. The summed E-state index contributed by atoms with van der Waals surface area (Å²) in [7, 11) is 0. The quantitative estimate of drug-likeness (QED) is 0.310. The van der Waals surface area contributed by atoms with Gasteiger partial charge in [-0.3, -0.25) is 9.59 Å². The highest BCUT2D eigenvalue weighted by Gasteiger charge is 2.21. The lowest BCUT2D eigenvalue weighted by atomic mass is 10.0. The Kier molecular flexibility index (Phi) is 6.23. The van der Waals surface area contributed by atoms with Crippen molar-refractivity contribution >= 4 is 5.78 Å². The number of aromatic hydroxyl groups is 2. The van der Waals surface area contributed by atoms with Crippen molar-refractivity contribution in [1.29, 1.82) is 0 Å². The van der Waals surface area contributed by atoms with Gasteiger partial charge in [0.2, 0.25) is 0 Å². The van der Waals surface area contributed by atoms with E-state index in [-0.39, 0.29) is 16.0 Å². The Balaban J connectivity index is 2.47. The standard InChI is InChI=1S/C21H23NO5/c1-4-13(2)11-14(3)5-10-18(24)19-20(25)17(12-22(27)21(19)26)15-6-8-16(23)9-7-15/h5-13,23,25,27H,4H2,1-3H3/b10-5+,14-11+. The molecule has 0 spiro atoms. The molecular formula is C21H23NO5. The van der Waals surface area contributed by atoms with Crippen LogP contribution in [0.2, 0.25) is 0 Å². The van der Waals surface area contributed by atoms with E-state index >= 15 is 0 Å². The third kappa shape index (κ3) is 4.67. The number of allylic oxidation sites excluding steroid dienone is 4. The van der Waals surface area contributed by atoms with Crippen molar-refractivity contribution in [3.05, 3.63) is 70.2 Å². The van der Waals surface area contributed by atoms with E-state index < -0.39 is 22.7 Å². The van der Waals surface area contributed by atoms with Crippen LogP contribution in [0.3, 0.4) is 0 Å². The van der Waals surface area contributed by atoms with Crippen LogP contribution >= 0.6 is 0 Å². The SMILES string of the molecule is CCC(C)/C=C(C)/C=C/C(=O)c1c(O)c(-c2ccc(O)cc2)cn(O)c1=O. The number of carbonyl (C=O) groups excluding carboxylic acids is 1. The first-order valence-electron chi connectivity index (χ1n) is 8.62. The Labute approximate surface area is 157 Å². The van der Waals surface area contributed by atoms with Crippen LogP contribution in [0.25, 0.3) is 11.1 Å². The van der Waals surface area contributed by atoms with Gasteiger partial charge in [-0.2, -0.15) is 4.73 Å². The maximum absolute atomic E-state index is 12.5. The van der Waals surface area contributed by atoms with Gasteiger partial charge in [-0.15, -0.1) is 0 Å². The highest BCUT2D eigenvalue weighted by molar-refractivity contribution is 6.07. The minimum absolute atomic E-state index is 0.0263. The summed E-state index contributed by atoms with van der Waals surface area (Å²) in [6, 6.07) is 5.79. The fourth-order valence-corrected chi connectivity index (χ4v) is 2.58. The van der Waals surface area contributed by atoms with Gasteiger partial charge < -0.3 is 15.4 Å². The highest BCUT2D eigenvalue weighted by atomic mass is 16.5. The first-order valence-corrected chi connectivity index (χ1v) is 8.62. The second-order valence-electron chi connectivity index (χ2n) is 6.46. The average molecular weight is 369 g/mol. The van der Waals surface area contributed by atoms with Crippen LogP contribution in [0.1, 0.15) is 37.6 Å². The smallest absolute Gasteiger partial charge is 0.297 e. The number of hydrogen-bond donors (Lipinski definition) is 3. The second kappa shape index (κ2) is 8.40. The van der Waals surface area contributed by atoms with Crippen LogP contribution < -0.4 is 5.56 Å². The topological polar surface area (TPSA) is 99.8 Å². The highest BCUT2D eigenvalue weighted by Crippen LogP contribution is 2.31. The van der Waals surface area contributed by atoms with Gasteiger partial charge in [-0.25, -0.2) is 0 Å². The number of phenolic OH excluding ortho intramolecular Hbond substituents is 1. The van der Waals surface area contributed by atoms with E-state index in [1.54, 1.807) is 6.08 Å². The Morgan fingerprint density at radius 2 is 1.81 bits per heavy atom. The molecule has 1 aromatic carbocycles. The van der Waals surface area contributed by atoms with Crippen molar-refractivity contribution in [2.45, 2.75) is 27.2 Å². The molecule has 0 radical (unpaired) electrons. The second-order valence-corrected chi connectivity index (χ2v) is 6.46. The molecule has 1 unspecified atom stereocenters. The molecule has 1 heterocycles. The number of benzene rings is 1. The van der Waals surface area contributed by atoms with Gasteiger partial charge in [0, 0.05) is 5.56 Å². The zero-order valence-corrected chi connectivity index (χ0v) is 15.5. The number of phenols is 1. The molecule has 0 aliphatic heterocycles. The maximum Gasteiger partial charge on any atom is 0.297 e. The average Bonchev–Trinajstić information content (AvgIpc) is 2.64. The molecule has 0 saturated carbocycles. The summed E-state index contributed by atoms with van der Waals surface area (Å²) in [6.07, 6.45) is 6.76. The van der Waals surface area contributed by atoms with Crippen molar-refractivity contribution in [3.63, 3.8) is 0 Å². The van der Waals surface area contributed by atoms with Crippen LogP contribution in [-0.2, 0) is 0 Å². The summed E-state index contributed by atoms with van der Waals surface area (Å²) < 4.78 is 0.269. The molecule has 1 aromatic heterocycles. The molecular weight excluding hydrogens is 346 g/mol. The van der Waals surface area contributed by atoms with Crippen LogP contribution in [0, 0.1) is 5.92 Å². The van der Waals surface area contributed by atoms with Gasteiger partial charge in [-0.1, -0.05) is 50.1 Å². The molecule has 2 aromatic rings. The number of rotatable bonds is 6. The van der Waals surface area contributed by atoms with E-state index in [1.807, 2.05) is 13.0 Å². The van der Waals surface area contributed by atoms with Crippen molar-refractivity contribution in [1.82, 2.24) is 4.73 Å². The molecule has 3 N–H and O–H groups in total. The molecule has 6 nitrogen and oxygen atoms in total. The number of ketones is 1. The van der Waals surface area contributed by atoms with E-state index in [2.05, 4.69) is 13.8 Å². The van der Waals surface area contributed by atoms with E-state index in [0.717, 1.165) is 18.2 Å². The van der Waals surface area contributed by atoms with E-state index in [0.29, 0.717) is 11.5 Å². The molecule has 27 heavy (non-hydrogen) atoms. The molecule has 6 heteroatoms. The zero-order valence-electron chi connectivity index (χ0n) is 15.5. The summed E-state index contributed by atoms with van der Waals surface area (Å²) in [5.41, 5.74) is -0.139. The minimum Gasteiger partial charge on any atom is -0.508 e. The van der Waals surface area contributed by atoms with Crippen LogP contribution in [0.4, 0.5) is 0 Å². The summed E-state index contributed by atoms with van der Waals surface area (Å²) >= 11 is 0. The monoisotopic (exact) mass is 369 g/mol. The summed E-state index contributed by atoms with van der Waals surface area (Å²) in [6.45, 7) is 5.95. The van der Waals surface area contributed by atoms with Crippen molar-refractivity contribution in [2.24, 2.45) is 5.92 Å². The molecule has 1 atom stereocenters. The third-order valence-electron chi connectivity index (χ3n) is 4.28. The van der Waals surface area contributed by atoms with Gasteiger partial charge in [0.1, 0.15) is 17.1 Å². The first kappa shape index (κ1) is 20.0. The number of hydrogen-bond acceptors (Lipinski definition) is 5. The Bertz CT molecular complexity index is 952. The fraction of sp³-hybridized carbons (Fsp3) is 0.238. The van der Waals surface area contributed by atoms with Crippen molar-refractivity contribution < 1.29 is 20.2 Å². The number of nitrogens with zero attached hydrogens (tertiary/aromatic N) is 1. The fourth-order valence-electron chi connectivity index (χ4n) is 2.58. The van der Waals surface area contributed by atoms with Crippen LogP contribution in [-0.4, -0.2) is 25.9 Å². The summed E-state index contributed by atoms with van der Waals surface area (Å²) in [5, 5.41) is 29.7. The summed E-state index contributed by atoms with van der Waals surface area (Å²) in [4.78, 5) is 24.7. The lowest BCUT2D eigenvalue weighted by Gasteiger charge is -2.10. The maximum atomic E-state index is 12.5. The normalized spacial score (nSPS) is 13.1. The summed E-state index contributed by atoms with van der Waals surface area (Å²) in [5.74, 6) is -0.851. The lowest BCUT2D eigenvalue weighted by molar-refractivity contribution is 0.103. The van der Waals surface area contributed by atoms with E-state index in [9.17, 15) is 25.0 Å². The Morgan fingerprint density at radius 1 is 1.19 bits per heavy atom. The number of pyridine rings is 1. The van der Waals surface area contributed by atoms with Gasteiger partial charge in [0.05, 0.1) is 6.20 Å². The third-order valence-corrected chi connectivity index (χ3v) is 4.28. The van der Waals surface area contributed by atoms with Crippen LogP contribution in [0.15, 0.2) is 59.1 Å². The largest absolute Gasteiger partial charge is 0.508 e. The zero-order chi connectivity index (χ0) is 20.1. The molecule has 0 aliphatic carbocycles. The molecule has 0 fully saturated rings. The first-order chi connectivity index (χ1) is 12.7. The lowest BCUT2D eigenvalue weighted by Crippen LogP contribution is -2.24. The molecule has 0 bridgehead atoms. The van der Waals surface area contributed by atoms with Gasteiger partial charge in [0.25, 0.3) is 5.56 Å². The predicted octanol–water partition coefficient (Wildman–Crippen LogP) is 3.90. The van der Waals surface area contributed by atoms with Crippen molar-refractivity contribution in [3.8, 4) is 22.6 Å². The molecule has 2 rings (SSSR count). The van der Waals surface area contributed by atoms with E-state index in [4.69, 9.17) is 0 Å². The van der Waals surface area contributed by atoms with Crippen molar-refractivity contribution in [2.75, 3.05) is 0 Å².